The van der Waals surface area contributed by atoms with Crippen LogP contribution < -0.4 is 5.69 Å². The number of nitrogens with zero attached hydrogens (tertiary/aromatic N) is 4. The van der Waals surface area contributed by atoms with E-state index in [0.29, 0.717) is 0 Å². The first-order chi connectivity index (χ1) is 6.93. The summed E-state index contributed by atoms with van der Waals surface area (Å²) in [7, 11) is 0. The molecule has 0 fully saturated rings. The highest BCUT2D eigenvalue weighted by Crippen LogP contribution is 1.96. The zero-order valence-electron chi connectivity index (χ0n) is 8.71. The van der Waals surface area contributed by atoms with Crippen molar-refractivity contribution >= 4 is 12.2 Å². The molecule has 1 rings (SSSR count). The minimum Gasteiger partial charge on any atom is -0.478 e. The number of carboxylic acids is 1. The van der Waals surface area contributed by atoms with E-state index in [4.69, 9.17) is 5.11 Å². The molecule has 0 aliphatic rings. The topological polar surface area (TPSA) is 90.0 Å². The van der Waals surface area contributed by atoms with Gasteiger partial charge in [0.05, 0.1) is 11.6 Å². The van der Waals surface area contributed by atoms with Crippen LogP contribution in [0.15, 0.2) is 10.4 Å². The van der Waals surface area contributed by atoms with Crippen molar-refractivity contribution < 1.29 is 9.90 Å². The van der Waals surface area contributed by atoms with E-state index in [0.717, 1.165) is 10.9 Å². The normalized spacial score (nSPS) is 12.1. The summed E-state index contributed by atoms with van der Waals surface area (Å²) < 4.78 is 2.08. The van der Waals surface area contributed by atoms with Gasteiger partial charge in [-0.15, -0.1) is 0 Å². The first kappa shape index (κ1) is 11.2. The van der Waals surface area contributed by atoms with Crippen molar-refractivity contribution in [2.75, 3.05) is 0 Å². The van der Waals surface area contributed by atoms with Crippen molar-refractivity contribution in [3.63, 3.8) is 0 Å². The van der Waals surface area contributed by atoms with E-state index in [1.54, 1.807) is 13.8 Å². The number of aliphatic carboxylic acids is 1. The second-order valence-corrected chi connectivity index (χ2v) is 3.36. The summed E-state index contributed by atoms with van der Waals surface area (Å²) in [5, 5.41) is 15.8. The molecular weight excluding hydrogens is 200 g/mol. The molecule has 0 aromatic carbocycles. The summed E-state index contributed by atoms with van der Waals surface area (Å²) in [4.78, 5) is 22.0. The quantitative estimate of drug-likeness (QED) is 0.710. The largest absolute Gasteiger partial charge is 0.478 e. The molecular formula is C8H12N4O3. The van der Waals surface area contributed by atoms with Gasteiger partial charge in [-0.3, -0.25) is 0 Å². The molecule has 7 nitrogen and oxygen atoms in total. The summed E-state index contributed by atoms with van der Waals surface area (Å²) in [6.07, 6.45) is 1.14. The fourth-order valence-corrected chi connectivity index (χ4v) is 0.912. The van der Waals surface area contributed by atoms with E-state index in [2.05, 4.69) is 10.4 Å². The maximum atomic E-state index is 11.5. The fourth-order valence-electron chi connectivity index (χ4n) is 0.912. The van der Waals surface area contributed by atoms with Crippen LogP contribution in [0.5, 0.6) is 0 Å². The lowest BCUT2D eigenvalue weighted by Gasteiger charge is -1.98. The summed E-state index contributed by atoms with van der Waals surface area (Å²) in [6, 6.07) is -0.107. The average molecular weight is 212 g/mol. The molecule has 0 spiro atoms. The molecule has 0 unspecified atom stereocenters. The molecule has 1 aromatic heterocycles. The Morgan fingerprint density at radius 2 is 2.07 bits per heavy atom. The molecule has 7 heteroatoms. The molecule has 0 saturated carbocycles. The van der Waals surface area contributed by atoms with E-state index < -0.39 is 11.7 Å². The van der Waals surface area contributed by atoms with Crippen LogP contribution in [0.4, 0.5) is 0 Å². The molecule has 0 aliphatic carbocycles. The predicted molar refractivity (Wildman–Crippen MR) is 52.2 cm³/mol. The van der Waals surface area contributed by atoms with Gasteiger partial charge < -0.3 is 5.11 Å². The first-order valence-electron chi connectivity index (χ1n) is 4.39. The molecule has 0 radical (unpaired) electrons. The van der Waals surface area contributed by atoms with Gasteiger partial charge in [0.2, 0.25) is 0 Å². The molecule has 0 atom stereocenters. The zero-order chi connectivity index (χ0) is 11.6. The number of carboxylic acid groups (broad SMARTS) is 1. The fraction of sp³-hybridized carbons (Fsp3) is 0.500. The first-order valence-corrected chi connectivity index (χ1v) is 4.39. The van der Waals surface area contributed by atoms with Crippen LogP contribution in [0.1, 0.15) is 26.8 Å². The van der Waals surface area contributed by atoms with Gasteiger partial charge in [-0.25, -0.2) is 9.59 Å². The van der Waals surface area contributed by atoms with E-state index in [9.17, 15) is 9.59 Å². The molecule has 0 aliphatic heterocycles. The standard InChI is InChI=1S/C8H12N4O3/c1-5(2)12-8(15)11(9-10-12)4-6(3)7(13)14/h4-5H,1-3H3,(H,13,14). The number of hydrogen-bond acceptors (Lipinski definition) is 4. The van der Waals surface area contributed by atoms with Gasteiger partial charge in [0.15, 0.2) is 0 Å². The van der Waals surface area contributed by atoms with Crippen LogP contribution in [0, 0.1) is 0 Å². The Bertz CT molecular complexity index is 455. The van der Waals surface area contributed by atoms with Gasteiger partial charge >= 0.3 is 11.7 Å². The number of hydrogen-bond donors (Lipinski definition) is 1. The molecule has 0 amide bonds. The number of carbonyl (C=O) groups is 1. The highest BCUT2D eigenvalue weighted by Gasteiger charge is 2.09. The maximum Gasteiger partial charge on any atom is 0.368 e. The summed E-state index contributed by atoms with van der Waals surface area (Å²) >= 11 is 0. The third kappa shape index (κ3) is 2.30. The molecule has 0 saturated heterocycles. The van der Waals surface area contributed by atoms with Crippen LogP contribution in [0.3, 0.4) is 0 Å². The van der Waals surface area contributed by atoms with Crippen molar-refractivity contribution in [2.45, 2.75) is 26.8 Å². The van der Waals surface area contributed by atoms with Gasteiger partial charge in [0.1, 0.15) is 0 Å². The van der Waals surface area contributed by atoms with Crippen LogP contribution >= 0.6 is 0 Å². The SMILES string of the molecule is CC(=Cn1nnn(C(C)C)c1=O)C(=O)O. The number of tetrazole rings is 1. The monoisotopic (exact) mass is 212 g/mol. The van der Waals surface area contributed by atoms with Gasteiger partial charge in [-0.05, 0) is 31.2 Å². The number of rotatable bonds is 3. The Hall–Kier alpha value is -1.92. The molecule has 1 N–H and O–H groups in total. The lowest BCUT2D eigenvalue weighted by molar-refractivity contribution is -0.132. The third-order valence-corrected chi connectivity index (χ3v) is 1.77. The second-order valence-electron chi connectivity index (χ2n) is 3.36. The summed E-state index contributed by atoms with van der Waals surface area (Å²) in [5.74, 6) is -1.10. The third-order valence-electron chi connectivity index (χ3n) is 1.77. The number of aromatic nitrogens is 4. The lowest BCUT2D eigenvalue weighted by Crippen LogP contribution is -2.24. The molecule has 82 valence electrons. The van der Waals surface area contributed by atoms with Crippen LogP contribution in [0.25, 0.3) is 6.20 Å². The minimum absolute atomic E-state index is 0.0212. The maximum absolute atomic E-state index is 11.5. The lowest BCUT2D eigenvalue weighted by atomic mass is 10.3. The van der Waals surface area contributed by atoms with Gasteiger partial charge in [-0.1, -0.05) is 0 Å². The van der Waals surface area contributed by atoms with E-state index in [-0.39, 0.29) is 11.6 Å². The predicted octanol–water partition coefficient (Wildman–Crippen LogP) is -0.0339. The van der Waals surface area contributed by atoms with Crippen molar-refractivity contribution in [3.05, 3.63) is 16.1 Å². The van der Waals surface area contributed by atoms with Crippen molar-refractivity contribution in [3.8, 4) is 0 Å². The van der Waals surface area contributed by atoms with Crippen LogP contribution in [-0.2, 0) is 4.79 Å². The Morgan fingerprint density at radius 1 is 1.47 bits per heavy atom. The smallest absolute Gasteiger partial charge is 0.368 e. The Morgan fingerprint density at radius 3 is 2.47 bits per heavy atom. The molecule has 1 heterocycles. The van der Waals surface area contributed by atoms with Crippen molar-refractivity contribution in [1.82, 2.24) is 19.8 Å². The van der Waals surface area contributed by atoms with Crippen LogP contribution in [-0.4, -0.2) is 30.9 Å². The van der Waals surface area contributed by atoms with E-state index >= 15 is 0 Å². The second kappa shape index (κ2) is 4.07. The Kier molecular flexibility index (Phi) is 3.03. The van der Waals surface area contributed by atoms with E-state index in [1.165, 1.54) is 11.6 Å². The highest BCUT2D eigenvalue weighted by molar-refractivity contribution is 5.89. The highest BCUT2D eigenvalue weighted by atomic mass is 16.4. The van der Waals surface area contributed by atoms with Gasteiger partial charge in [0, 0.05) is 6.20 Å². The van der Waals surface area contributed by atoms with E-state index in [1.807, 2.05) is 0 Å². The minimum atomic E-state index is -1.10. The van der Waals surface area contributed by atoms with Crippen molar-refractivity contribution in [1.29, 1.82) is 0 Å². The Labute approximate surface area is 85.6 Å². The molecule has 0 bridgehead atoms. The van der Waals surface area contributed by atoms with Crippen LogP contribution in [0.2, 0.25) is 0 Å². The molecule has 1 aromatic rings. The van der Waals surface area contributed by atoms with Gasteiger partial charge in [0.25, 0.3) is 0 Å². The Balaban J connectivity index is 3.14. The average Bonchev–Trinajstić information content (AvgIpc) is 2.48. The summed E-state index contributed by atoms with van der Waals surface area (Å²) in [5.41, 5.74) is -0.432. The van der Waals surface area contributed by atoms with Gasteiger partial charge in [-0.2, -0.15) is 9.36 Å². The summed E-state index contributed by atoms with van der Waals surface area (Å²) in [6.45, 7) is 4.95. The van der Waals surface area contributed by atoms with Crippen molar-refractivity contribution in [2.24, 2.45) is 0 Å². The molecule has 15 heavy (non-hydrogen) atoms. The zero-order valence-corrected chi connectivity index (χ0v) is 8.71.